The van der Waals surface area contributed by atoms with Gasteiger partial charge in [0.2, 0.25) is 0 Å². The Balaban J connectivity index is 2.17. The highest BCUT2D eigenvalue weighted by atomic mass is 15.1. The van der Waals surface area contributed by atoms with E-state index in [0.29, 0.717) is 11.5 Å². The van der Waals surface area contributed by atoms with Crippen LogP contribution in [0.25, 0.3) is 0 Å². The van der Waals surface area contributed by atoms with Crippen LogP contribution in [0.2, 0.25) is 0 Å². The third kappa shape index (κ3) is 2.55. The van der Waals surface area contributed by atoms with Crippen LogP contribution in [-0.2, 0) is 5.41 Å². The lowest BCUT2D eigenvalue weighted by Gasteiger charge is -2.46. The normalized spacial score (nSPS) is 18.5. The number of aryl methyl sites for hydroxylation is 1. The van der Waals surface area contributed by atoms with Crippen LogP contribution in [-0.4, -0.2) is 24.5 Å². The molecule has 1 nitrogen and oxygen atoms in total. The van der Waals surface area contributed by atoms with Crippen LogP contribution in [0.3, 0.4) is 0 Å². The minimum atomic E-state index is 0.437. The molecule has 1 aromatic carbocycles. The molecule has 0 amide bonds. The highest BCUT2D eigenvalue weighted by Gasteiger charge is 2.39. The predicted octanol–water partition coefficient (Wildman–Crippen LogP) is 3.76. The summed E-state index contributed by atoms with van der Waals surface area (Å²) in [5.41, 5.74) is 3.34. The summed E-state index contributed by atoms with van der Waals surface area (Å²) in [7, 11) is 2.25. The number of rotatable bonds is 4. The molecule has 1 aromatic rings. The van der Waals surface area contributed by atoms with Gasteiger partial charge < -0.3 is 4.90 Å². The van der Waals surface area contributed by atoms with Gasteiger partial charge in [0.1, 0.15) is 0 Å². The first kappa shape index (κ1) is 12.6. The molecule has 17 heavy (non-hydrogen) atoms. The Hall–Kier alpha value is -0.820. The van der Waals surface area contributed by atoms with Crippen molar-refractivity contribution in [3.8, 4) is 0 Å². The summed E-state index contributed by atoms with van der Waals surface area (Å²) >= 11 is 0. The SMILES string of the molecule is Cc1ccc(C2(CN(C)C(C)C)CCC2)cc1. The molecule has 0 atom stereocenters. The Morgan fingerprint density at radius 1 is 1.18 bits per heavy atom. The molecule has 0 bridgehead atoms. The quantitative estimate of drug-likeness (QED) is 0.762. The molecule has 0 N–H and O–H groups in total. The van der Waals surface area contributed by atoms with Gasteiger partial charge in [-0.3, -0.25) is 0 Å². The van der Waals surface area contributed by atoms with Gasteiger partial charge in [0.25, 0.3) is 0 Å². The zero-order valence-electron chi connectivity index (χ0n) is 11.7. The van der Waals surface area contributed by atoms with Crippen molar-refractivity contribution in [1.82, 2.24) is 4.90 Å². The summed E-state index contributed by atoms with van der Waals surface area (Å²) in [6, 6.07) is 9.82. The second kappa shape index (κ2) is 4.81. The average molecular weight is 231 g/mol. The van der Waals surface area contributed by atoms with Gasteiger partial charge in [-0.25, -0.2) is 0 Å². The smallest absolute Gasteiger partial charge is 0.00803 e. The van der Waals surface area contributed by atoms with Gasteiger partial charge in [0.15, 0.2) is 0 Å². The standard InChI is InChI=1S/C16H25N/c1-13(2)17(4)12-16(10-5-11-16)15-8-6-14(3)7-9-15/h6-9,13H,5,10-12H2,1-4H3. The minimum Gasteiger partial charge on any atom is -0.303 e. The van der Waals surface area contributed by atoms with E-state index in [1.54, 1.807) is 5.56 Å². The fraction of sp³-hybridized carbons (Fsp3) is 0.625. The first-order valence-electron chi connectivity index (χ1n) is 6.81. The monoisotopic (exact) mass is 231 g/mol. The molecule has 1 aliphatic carbocycles. The van der Waals surface area contributed by atoms with Crippen LogP contribution in [0.4, 0.5) is 0 Å². The van der Waals surface area contributed by atoms with Gasteiger partial charge in [-0.15, -0.1) is 0 Å². The highest BCUT2D eigenvalue weighted by Crippen LogP contribution is 2.44. The van der Waals surface area contributed by atoms with Crippen molar-refractivity contribution in [2.45, 2.75) is 51.5 Å². The zero-order chi connectivity index (χ0) is 12.5. The molecule has 0 unspecified atom stereocenters. The summed E-state index contributed by atoms with van der Waals surface area (Å²) in [6.45, 7) is 7.92. The first-order chi connectivity index (χ1) is 8.03. The van der Waals surface area contributed by atoms with Crippen LogP contribution in [0, 0.1) is 6.92 Å². The molecule has 0 aromatic heterocycles. The van der Waals surface area contributed by atoms with E-state index >= 15 is 0 Å². The van der Waals surface area contributed by atoms with Gasteiger partial charge in [-0.2, -0.15) is 0 Å². The molecular formula is C16H25N. The minimum absolute atomic E-state index is 0.437. The Morgan fingerprint density at radius 2 is 1.76 bits per heavy atom. The number of hydrogen-bond acceptors (Lipinski definition) is 1. The van der Waals surface area contributed by atoms with Crippen molar-refractivity contribution >= 4 is 0 Å². The fourth-order valence-electron chi connectivity index (χ4n) is 2.71. The Morgan fingerprint density at radius 3 is 2.18 bits per heavy atom. The van der Waals surface area contributed by atoms with Crippen LogP contribution in [0.15, 0.2) is 24.3 Å². The van der Waals surface area contributed by atoms with E-state index in [-0.39, 0.29) is 0 Å². The molecule has 0 saturated heterocycles. The van der Waals surface area contributed by atoms with Crippen molar-refractivity contribution in [2.75, 3.05) is 13.6 Å². The molecule has 1 saturated carbocycles. The summed E-state index contributed by atoms with van der Waals surface area (Å²) in [5.74, 6) is 0. The van der Waals surface area contributed by atoms with Crippen molar-refractivity contribution in [1.29, 1.82) is 0 Å². The molecule has 0 radical (unpaired) electrons. The third-order valence-corrected chi connectivity index (χ3v) is 4.41. The van der Waals surface area contributed by atoms with E-state index in [1.165, 1.54) is 31.4 Å². The summed E-state index contributed by atoms with van der Waals surface area (Å²) in [5, 5.41) is 0. The molecule has 1 heteroatoms. The lowest BCUT2D eigenvalue weighted by atomic mass is 9.64. The van der Waals surface area contributed by atoms with Gasteiger partial charge >= 0.3 is 0 Å². The molecule has 0 aliphatic heterocycles. The van der Waals surface area contributed by atoms with Gasteiger partial charge in [-0.05, 0) is 46.2 Å². The van der Waals surface area contributed by atoms with E-state index in [0.717, 1.165) is 0 Å². The maximum Gasteiger partial charge on any atom is 0.00803 e. The number of likely N-dealkylation sites (N-methyl/N-ethyl adjacent to an activating group) is 1. The zero-order valence-corrected chi connectivity index (χ0v) is 11.7. The van der Waals surface area contributed by atoms with Crippen LogP contribution in [0.5, 0.6) is 0 Å². The Labute approximate surface area is 106 Å². The molecule has 1 fully saturated rings. The Bertz CT molecular complexity index is 360. The fourth-order valence-corrected chi connectivity index (χ4v) is 2.71. The maximum atomic E-state index is 2.49. The van der Waals surface area contributed by atoms with Crippen molar-refractivity contribution < 1.29 is 0 Å². The van der Waals surface area contributed by atoms with Gasteiger partial charge in [0.05, 0.1) is 0 Å². The molecular weight excluding hydrogens is 206 g/mol. The summed E-state index contributed by atoms with van der Waals surface area (Å²) in [4.78, 5) is 2.49. The largest absolute Gasteiger partial charge is 0.303 e. The molecule has 0 spiro atoms. The van der Waals surface area contributed by atoms with Gasteiger partial charge in [-0.1, -0.05) is 36.2 Å². The van der Waals surface area contributed by atoms with E-state index in [9.17, 15) is 0 Å². The Kier molecular flexibility index (Phi) is 3.58. The first-order valence-corrected chi connectivity index (χ1v) is 6.81. The summed E-state index contributed by atoms with van der Waals surface area (Å²) < 4.78 is 0. The third-order valence-electron chi connectivity index (χ3n) is 4.41. The molecule has 1 aliphatic rings. The lowest BCUT2D eigenvalue weighted by molar-refractivity contribution is 0.138. The van der Waals surface area contributed by atoms with Crippen molar-refractivity contribution in [3.63, 3.8) is 0 Å². The van der Waals surface area contributed by atoms with E-state index in [4.69, 9.17) is 0 Å². The molecule has 94 valence electrons. The van der Waals surface area contributed by atoms with E-state index < -0.39 is 0 Å². The lowest BCUT2D eigenvalue weighted by Crippen LogP contribution is -2.46. The number of benzene rings is 1. The average Bonchev–Trinajstić information content (AvgIpc) is 2.24. The van der Waals surface area contributed by atoms with E-state index in [2.05, 4.69) is 57.0 Å². The van der Waals surface area contributed by atoms with Crippen LogP contribution < -0.4 is 0 Å². The highest BCUT2D eigenvalue weighted by molar-refractivity contribution is 5.31. The predicted molar refractivity (Wildman–Crippen MR) is 74.5 cm³/mol. The number of nitrogens with zero attached hydrogens (tertiary/aromatic N) is 1. The number of hydrogen-bond donors (Lipinski definition) is 0. The molecule has 0 heterocycles. The topological polar surface area (TPSA) is 3.24 Å². The summed E-state index contributed by atoms with van der Waals surface area (Å²) in [6.07, 6.45) is 4.10. The van der Waals surface area contributed by atoms with Crippen molar-refractivity contribution in [2.24, 2.45) is 0 Å². The maximum absolute atomic E-state index is 2.49. The van der Waals surface area contributed by atoms with Gasteiger partial charge in [0, 0.05) is 18.0 Å². The molecule has 2 rings (SSSR count). The van der Waals surface area contributed by atoms with E-state index in [1.807, 2.05) is 0 Å². The second-order valence-corrected chi connectivity index (χ2v) is 6.01. The van der Waals surface area contributed by atoms with Crippen molar-refractivity contribution in [3.05, 3.63) is 35.4 Å². The second-order valence-electron chi connectivity index (χ2n) is 6.01. The van der Waals surface area contributed by atoms with Crippen LogP contribution >= 0.6 is 0 Å². The van der Waals surface area contributed by atoms with Crippen LogP contribution in [0.1, 0.15) is 44.2 Å².